The van der Waals surface area contributed by atoms with Gasteiger partial charge in [0.05, 0.1) is 0 Å². The third kappa shape index (κ3) is 20.4. The van der Waals surface area contributed by atoms with E-state index >= 15 is 0 Å². The molecule has 0 aliphatic rings. The molecule has 6 nitrogen and oxygen atoms in total. The molecule has 0 N–H and O–H groups in total. The minimum atomic E-state index is -1.75. The molecule has 0 atom stereocenters. The maximum atomic E-state index is 5.21. The molecule has 0 radical (unpaired) electrons. The monoisotopic (exact) mass is 1260 g/mol. The summed E-state index contributed by atoms with van der Waals surface area (Å²) in [6, 6.07) is 64.1. The minimum absolute atomic E-state index is 0.288. The molecular formula is C48H62N6P2Si4Ta2-4. The van der Waals surface area contributed by atoms with Crippen molar-refractivity contribution in [2.45, 2.75) is 52.4 Å². The second kappa shape index (κ2) is 26.3. The van der Waals surface area contributed by atoms with Gasteiger partial charge in [-0.3, -0.25) is 0 Å². The summed E-state index contributed by atoms with van der Waals surface area (Å²) in [6.07, 6.45) is 0. The van der Waals surface area contributed by atoms with Gasteiger partial charge >= 0.3 is 48.7 Å². The van der Waals surface area contributed by atoms with Crippen molar-refractivity contribution in [1.29, 1.82) is 0 Å². The van der Waals surface area contributed by atoms with Crippen LogP contribution in [0.1, 0.15) is 0 Å². The molecular weight excluding hydrogens is 1200 g/mol. The van der Waals surface area contributed by atoms with E-state index in [4.69, 9.17) is 19.9 Å². The first-order chi connectivity index (χ1) is 29.6. The average molecular weight is 1260 g/mol. The number of benzene rings is 6. The van der Waals surface area contributed by atoms with Crippen LogP contribution in [-0.4, -0.2) is 56.1 Å². The van der Waals surface area contributed by atoms with Crippen molar-refractivity contribution >= 4 is 82.1 Å². The predicted octanol–water partition coefficient (Wildman–Crippen LogP) is 15.7. The van der Waals surface area contributed by atoms with Crippen molar-refractivity contribution in [3.05, 3.63) is 202 Å². The van der Waals surface area contributed by atoms with Crippen LogP contribution in [0.25, 0.3) is 19.9 Å². The molecule has 324 valence electrons. The number of hydrogen-bond donors (Lipinski definition) is 0. The van der Waals surface area contributed by atoms with E-state index in [0.717, 1.165) is 64.5 Å². The summed E-state index contributed by atoms with van der Waals surface area (Å²) < 4.78 is 7.04. The zero-order chi connectivity index (χ0) is 44.9. The fourth-order valence-corrected chi connectivity index (χ4v) is 33.7. The average Bonchev–Trinajstić information content (AvgIpc) is 3.24. The molecule has 6 rings (SSSR count). The number of rotatable bonds is 19. The fraction of sp³-hybridized carbons (Fsp3) is 0.250. The second-order valence-electron chi connectivity index (χ2n) is 17.6. The molecule has 0 aromatic heterocycles. The van der Waals surface area contributed by atoms with E-state index in [1.807, 2.05) is 0 Å². The van der Waals surface area contributed by atoms with E-state index in [9.17, 15) is 0 Å². The molecule has 0 saturated heterocycles. The Balaban J connectivity index is 0.000000251. The van der Waals surface area contributed by atoms with Crippen LogP contribution >= 0.6 is 15.8 Å². The summed E-state index contributed by atoms with van der Waals surface area (Å²) in [4.78, 5) is 20.8. The SMILES string of the molecule is C[Si](C)(CP(C[Si](C)(C)[N-]c1ccccc1)c1ccccc1)[N-]c1ccccc1.C[Si](C)(CP(C[Si](C)(C)[N-]c1ccccc1)c1ccccc1)[N-]c1ccccc1.[Ta]=[N][N]=[Ta]. The summed E-state index contributed by atoms with van der Waals surface area (Å²) in [7, 11) is -7.57. The van der Waals surface area contributed by atoms with Crippen LogP contribution in [0.2, 0.25) is 52.4 Å². The first-order valence-electron chi connectivity index (χ1n) is 21.0. The predicted molar refractivity (Wildman–Crippen MR) is 278 cm³/mol. The van der Waals surface area contributed by atoms with Gasteiger partial charge in [-0.2, -0.15) is 0 Å². The molecule has 6 aromatic rings. The van der Waals surface area contributed by atoms with Gasteiger partial charge in [-0.05, 0) is 66.7 Å². The molecule has 62 heavy (non-hydrogen) atoms. The van der Waals surface area contributed by atoms with Gasteiger partial charge in [0.25, 0.3) is 0 Å². The van der Waals surface area contributed by atoms with Gasteiger partial charge in [0.15, 0.2) is 0 Å². The van der Waals surface area contributed by atoms with Crippen LogP contribution in [0.3, 0.4) is 0 Å². The van der Waals surface area contributed by atoms with Gasteiger partial charge < -0.3 is 19.9 Å². The van der Waals surface area contributed by atoms with Gasteiger partial charge in [0.1, 0.15) is 0 Å². The van der Waals surface area contributed by atoms with E-state index in [0.29, 0.717) is 0 Å². The van der Waals surface area contributed by atoms with Crippen LogP contribution < -0.4 is 10.6 Å². The first-order valence-corrected chi connectivity index (χ1v) is 39.9. The Kier molecular flexibility index (Phi) is 22.1. The summed E-state index contributed by atoms with van der Waals surface area (Å²) in [5, 5.41) is 2.99. The van der Waals surface area contributed by atoms with Crippen LogP contribution in [0.5, 0.6) is 0 Å². The van der Waals surface area contributed by atoms with Crippen LogP contribution in [0, 0.1) is 0 Å². The van der Waals surface area contributed by atoms with E-state index in [-0.39, 0.29) is 15.8 Å². The quantitative estimate of drug-likeness (QED) is 0.0440. The van der Waals surface area contributed by atoms with Gasteiger partial charge in [-0.25, -0.2) is 0 Å². The molecule has 0 heterocycles. The molecule has 0 amide bonds. The van der Waals surface area contributed by atoms with Crippen molar-refractivity contribution < 1.29 is 41.8 Å². The zero-order valence-corrected chi connectivity index (χ0v) is 49.8. The Morgan fingerprint density at radius 1 is 0.323 bits per heavy atom. The Bertz CT molecular complexity index is 1900. The van der Waals surface area contributed by atoms with Gasteiger partial charge in [-0.15, -0.1) is 22.7 Å². The molecule has 14 heteroatoms. The molecule has 6 aromatic carbocycles. The standard InChI is InChI=1S/2C24H31N2PSi2.N2.2Ta/c2*1-28(2,25-22-14-8-5-9-15-22)20-27(24-18-12-7-13-19-24)21-29(3,4)26-23-16-10-6-11-17-23;1-2;;/h2*5-19H,20-21H2,1-4H3;;;/q2*-2;;;. The van der Waals surface area contributed by atoms with Crippen molar-refractivity contribution in [3.63, 3.8) is 0 Å². The zero-order valence-electron chi connectivity index (χ0n) is 37.6. The van der Waals surface area contributed by atoms with E-state index in [1.165, 1.54) is 33.7 Å². The summed E-state index contributed by atoms with van der Waals surface area (Å²) in [5.74, 6) is 4.84. The third-order valence-corrected chi connectivity index (χ3v) is 36.0. The number of nitrogens with zero attached hydrogens (tertiary/aromatic N) is 6. The van der Waals surface area contributed by atoms with E-state index < -0.39 is 32.9 Å². The van der Waals surface area contributed by atoms with Crippen molar-refractivity contribution in [2.24, 2.45) is 6.89 Å². The summed E-state index contributed by atoms with van der Waals surface area (Å²) >= 11 is 2.07. The Morgan fingerprint density at radius 2 is 0.500 bits per heavy atom. The van der Waals surface area contributed by atoms with Crippen LogP contribution in [0.4, 0.5) is 22.7 Å². The van der Waals surface area contributed by atoms with Crippen LogP contribution in [0.15, 0.2) is 189 Å². The second-order valence-corrected chi connectivity index (χ2v) is 42.5. The first kappa shape index (κ1) is 52.0. The molecule has 0 aliphatic heterocycles. The molecule has 0 unspecified atom stereocenters. The van der Waals surface area contributed by atoms with Gasteiger partial charge in [-0.1, -0.05) is 250 Å². The Hall–Kier alpha value is -2.67. The molecule has 0 fully saturated rings. The van der Waals surface area contributed by atoms with Gasteiger partial charge in [0.2, 0.25) is 0 Å². The normalized spacial score (nSPS) is 11.5. The van der Waals surface area contributed by atoms with Crippen molar-refractivity contribution in [2.75, 3.05) is 23.1 Å². The fourth-order valence-electron chi connectivity index (χ4n) is 7.17. The molecule has 0 bridgehead atoms. The van der Waals surface area contributed by atoms with Crippen molar-refractivity contribution in [3.8, 4) is 0 Å². The molecule has 0 aliphatic carbocycles. The van der Waals surface area contributed by atoms with E-state index in [2.05, 4.69) is 241 Å². The Labute approximate surface area is 404 Å². The summed E-state index contributed by atoms with van der Waals surface area (Å²) in [5.41, 5.74) is 4.49. The maximum absolute atomic E-state index is 5.21. The molecule has 0 spiro atoms. The summed E-state index contributed by atoms with van der Waals surface area (Å²) in [6.45, 7) is 19.2. The van der Waals surface area contributed by atoms with Crippen LogP contribution in [-0.2, 0) is 41.8 Å². The Morgan fingerprint density at radius 3 is 0.677 bits per heavy atom. The third-order valence-electron chi connectivity index (χ3n) is 9.35. The van der Waals surface area contributed by atoms with Crippen molar-refractivity contribution in [1.82, 2.24) is 0 Å². The van der Waals surface area contributed by atoms with Gasteiger partial charge in [0, 0.05) is 0 Å². The topological polar surface area (TPSA) is 81.1 Å². The molecule has 0 saturated carbocycles. The number of hydrogen-bond acceptors (Lipinski definition) is 2. The van der Waals surface area contributed by atoms with E-state index in [1.54, 1.807) is 0 Å².